The summed E-state index contributed by atoms with van der Waals surface area (Å²) in [7, 11) is 1.67. The molecule has 1 aliphatic heterocycles. The second kappa shape index (κ2) is 9.13. The summed E-state index contributed by atoms with van der Waals surface area (Å²) in [4.78, 5) is 4.90. The molecule has 0 N–H and O–H groups in total. The van der Waals surface area contributed by atoms with Crippen molar-refractivity contribution in [3.63, 3.8) is 0 Å². The molecular weight excluding hydrogens is 288 g/mol. The third-order valence-corrected chi connectivity index (χ3v) is 3.99. The second-order valence-corrected chi connectivity index (χ2v) is 5.60. The molecule has 1 heterocycles. The van der Waals surface area contributed by atoms with Gasteiger partial charge in [0, 0.05) is 32.1 Å². The van der Waals surface area contributed by atoms with Crippen LogP contribution >= 0.6 is 11.6 Å². The summed E-state index contributed by atoms with van der Waals surface area (Å²) >= 11 is 5.82. The zero-order valence-electron chi connectivity index (χ0n) is 12.8. The second-order valence-electron chi connectivity index (χ2n) is 5.23. The molecule has 0 unspecified atom stereocenters. The van der Waals surface area contributed by atoms with Crippen LogP contribution in [0.15, 0.2) is 24.3 Å². The maximum atomic E-state index is 5.84. The van der Waals surface area contributed by atoms with Crippen LogP contribution in [0.2, 0.25) is 0 Å². The fraction of sp³-hybridized carbons (Fsp3) is 0.625. The number of halogens is 1. The minimum absolute atomic E-state index is 0.690. The van der Waals surface area contributed by atoms with E-state index >= 15 is 0 Å². The Morgan fingerprint density at radius 1 is 1.00 bits per heavy atom. The molecule has 1 fully saturated rings. The maximum Gasteiger partial charge on any atom is 0.161 e. The average Bonchev–Trinajstić information content (AvgIpc) is 2.74. The van der Waals surface area contributed by atoms with E-state index in [1.807, 2.05) is 24.3 Å². The van der Waals surface area contributed by atoms with Crippen molar-refractivity contribution in [3.8, 4) is 11.5 Å². The van der Waals surface area contributed by atoms with Gasteiger partial charge in [0.2, 0.25) is 0 Å². The number of alkyl halides is 1. The van der Waals surface area contributed by atoms with Gasteiger partial charge in [0.05, 0.1) is 7.11 Å². The lowest BCUT2D eigenvalue weighted by Gasteiger charge is -2.21. The van der Waals surface area contributed by atoms with Crippen molar-refractivity contribution in [2.24, 2.45) is 0 Å². The molecule has 0 amide bonds. The van der Waals surface area contributed by atoms with Crippen LogP contribution in [0.25, 0.3) is 0 Å². The fourth-order valence-corrected chi connectivity index (χ4v) is 2.85. The van der Waals surface area contributed by atoms with Crippen LogP contribution < -0.4 is 9.47 Å². The Morgan fingerprint density at radius 3 is 2.33 bits per heavy atom. The van der Waals surface area contributed by atoms with E-state index in [2.05, 4.69) is 9.80 Å². The molecule has 1 saturated heterocycles. The molecule has 118 valence electrons. The first-order valence-corrected chi connectivity index (χ1v) is 8.13. The van der Waals surface area contributed by atoms with Crippen LogP contribution in [0.3, 0.4) is 0 Å². The molecule has 4 nitrogen and oxygen atoms in total. The Bertz CT molecular complexity index is 417. The first-order valence-electron chi connectivity index (χ1n) is 7.60. The average molecular weight is 313 g/mol. The molecule has 0 aromatic heterocycles. The van der Waals surface area contributed by atoms with Crippen molar-refractivity contribution < 1.29 is 9.47 Å². The van der Waals surface area contributed by atoms with Gasteiger partial charge in [0.25, 0.3) is 0 Å². The van der Waals surface area contributed by atoms with Crippen LogP contribution in [0.1, 0.15) is 6.42 Å². The molecule has 0 saturated carbocycles. The number of rotatable bonds is 7. The molecule has 0 spiro atoms. The highest BCUT2D eigenvalue weighted by Crippen LogP contribution is 2.25. The van der Waals surface area contributed by atoms with Crippen LogP contribution in [0.4, 0.5) is 0 Å². The highest BCUT2D eigenvalue weighted by Gasteiger charge is 2.14. The van der Waals surface area contributed by atoms with Gasteiger partial charge in [-0.3, -0.25) is 4.90 Å². The zero-order valence-corrected chi connectivity index (χ0v) is 13.5. The fourth-order valence-electron chi connectivity index (χ4n) is 2.61. The van der Waals surface area contributed by atoms with Crippen LogP contribution in [0, 0.1) is 0 Å². The molecule has 0 radical (unpaired) electrons. The van der Waals surface area contributed by atoms with Gasteiger partial charge in [-0.1, -0.05) is 12.1 Å². The third kappa shape index (κ3) is 5.38. The van der Waals surface area contributed by atoms with Crippen molar-refractivity contribution in [2.45, 2.75) is 6.42 Å². The molecule has 21 heavy (non-hydrogen) atoms. The van der Waals surface area contributed by atoms with Crippen molar-refractivity contribution in [1.29, 1.82) is 0 Å². The topological polar surface area (TPSA) is 24.9 Å². The van der Waals surface area contributed by atoms with Gasteiger partial charge in [0.1, 0.15) is 6.61 Å². The normalized spacial score (nSPS) is 17.4. The molecule has 2 rings (SSSR count). The molecular formula is C16H25ClN2O2. The lowest BCUT2D eigenvalue weighted by atomic mass is 10.3. The van der Waals surface area contributed by atoms with E-state index in [0.717, 1.165) is 56.6 Å². The number of benzene rings is 1. The van der Waals surface area contributed by atoms with Gasteiger partial charge in [-0.25, -0.2) is 0 Å². The van der Waals surface area contributed by atoms with Gasteiger partial charge >= 0.3 is 0 Å². The Kier molecular flexibility index (Phi) is 7.13. The molecule has 0 atom stereocenters. The number of hydrogen-bond donors (Lipinski definition) is 0. The number of para-hydroxylation sites is 2. The highest BCUT2D eigenvalue weighted by atomic mass is 35.5. The zero-order chi connectivity index (χ0) is 14.9. The third-order valence-electron chi connectivity index (χ3n) is 3.82. The highest BCUT2D eigenvalue weighted by molar-refractivity contribution is 6.18. The standard InChI is InChI=1S/C16H25ClN2O2/c1-20-15-5-2-3-6-16(15)21-14-13-19-9-4-8-18(10-7-17)11-12-19/h2-3,5-6H,4,7-14H2,1H3. The largest absolute Gasteiger partial charge is 0.493 e. The lowest BCUT2D eigenvalue weighted by molar-refractivity contribution is 0.206. The summed E-state index contributed by atoms with van der Waals surface area (Å²) in [6, 6.07) is 7.79. The minimum Gasteiger partial charge on any atom is -0.493 e. The van der Waals surface area contributed by atoms with Crippen LogP contribution in [-0.4, -0.2) is 68.7 Å². The lowest BCUT2D eigenvalue weighted by Crippen LogP contribution is -2.34. The summed E-state index contributed by atoms with van der Waals surface area (Å²) in [6.07, 6.45) is 1.20. The quantitative estimate of drug-likeness (QED) is 0.721. The summed E-state index contributed by atoms with van der Waals surface area (Å²) in [5.74, 6) is 2.33. The van der Waals surface area contributed by atoms with E-state index in [1.165, 1.54) is 6.42 Å². The first-order chi connectivity index (χ1) is 10.3. The number of hydrogen-bond acceptors (Lipinski definition) is 4. The molecule has 0 aliphatic carbocycles. The van der Waals surface area contributed by atoms with Crippen molar-refractivity contribution >= 4 is 11.6 Å². The smallest absolute Gasteiger partial charge is 0.161 e. The van der Waals surface area contributed by atoms with E-state index in [4.69, 9.17) is 21.1 Å². The maximum absolute atomic E-state index is 5.84. The van der Waals surface area contributed by atoms with E-state index in [0.29, 0.717) is 6.61 Å². The molecule has 1 aromatic carbocycles. The summed E-state index contributed by atoms with van der Waals surface area (Å²) in [5.41, 5.74) is 0. The van der Waals surface area contributed by atoms with Crippen molar-refractivity contribution in [1.82, 2.24) is 9.80 Å². The molecule has 5 heteroatoms. The molecule has 1 aromatic rings. The first kappa shape index (κ1) is 16.4. The Morgan fingerprint density at radius 2 is 1.67 bits per heavy atom. The van der Waals surface area contributed by atoms with Crippen LogP contribution in [-0.2, 0) is 0 Å². The Hall–Kier alpha value is -0.970. The van der Waals surface area contributed by atoms with Gasteiger partial charge < -0.3 is 14.4 Å². The monoisotopic (exact) mass is 312 g/mol. The van der Waals surface area contributed by atoms with Crippen LogP contribution in [0.5, 0.6) is 11.5 Å². The Balaban J connectivity index is 1.73. The molecule has 1 aliphatic rings. The van der Waals surface area contributed by atoms with E-state index in [-0.39, 0.29) is 0 Å². The van der Waals surface area contributed by atoms with E-state index in [9.17, 15) is 0 Å². The molecule has 0 bridgehead atoms. The van der Waals surface area contributed by atoms with E-state index < -0.39 is 0 Å². The minimum atomic E-state index is 0.690. The van der Waals surface area contributed by atoms with E-state index in [1.54, 1.807) is 7.11 Å². The van der Waals surface area contributed by atoms with Gasteiger partial charge in [-0.05, 0) is 31.6 Å². The van der Waals surface area contributed by atoms with Crippen molar-refractivity contribution in [3.05, 3.63) is 24.3 Å². The summed E-state index contributed by atoms with van der Waals surface area (Å²) in [6.45, 7) is 7.11. The van der Waals surface area contributed by atoms with Crippen molar-refractivity contribution in [2.75, 3.05) is 58.9 Å². The predicted octanol–water partition coefficient (Wildman–Crippen LogP) is 2.32. The SMILES string of the molecule is COc1ccccc1OCCN1CCCN(CCCl)CC1. The predicted molar refractivity (Wildman–Crippen MR) is 86.7 cm³/mol. The van der Waals surface area contributed by atoms with Gasteiger partial charge in [-0.2, -0.15) is 0 Å². The number of ether oxygens (including phenoxy) is 2. The summed E-state index contributed by atoms with van der Waals surface area (Å²) in [5, 5.41) is 0. The Labute approximate surface area is 132 Å². The van der Waals surface area contributed by atoms with Gasteiger partial charge in [-0.15, -0.1) is 11.6 Å². The number of nitrogens with zero attached hydrogens (tertiary/aromatic N) is 2. The number of methoxy groups -OCH3 is 1. The van der Waals surface area contributed by atoms with Gasteiger partial charge in [0.15, 0.2) is 11.5 Å². The summed E-state index contributed by atoms with van der Waals surface area (Å²) < 4.78 is 11.1.